The number of carbonyl (C=O) groups is 1. The Labute approximate surface area is 121 Å². The van der Waals surface area contributed by atoms with Gasteiger partial charge >= 0.3 is 0 Å². The Bertz CT molecular complexity index is 433. The van der Waals surface area contributed by atoms with Crippen molar-refractivity contribution < 1.29 is 4.79 Å². The number of nitrogens with two attached hydrogens (primary N) is 1. The SMILES string of the molecule is CC(C)(N)C(=O)NCC(c1ccccc1)N1CCCC1. The first-order chi connectivity index (χ1) is 9.48. The molecule has 1 aliphatic rings. The molecule has 0 spiro atoms. The molecule has 0 aliphatic carbocycles. The lowest BCUT2D eigenvalue weighted by Crippen LogP contribution is -2.50. The van der Waals surface area contributed by atoms with Crippen LogP contribution in [0.5, 0.6) is 0 Å². The molecule has 1 unspecified atom stereocenters. The molecule has 20 heavy (non-hydrogen) atoms. The topological polar surface area (TPSA) is 58.4 Å². The second kappa shape index (κ2) is 6.37. The van der Waals surface area contributed by atoms with E-state index in [2.05, 4.69) is 22.3 Å². The number of hydrogen-bond acceptors (Lipinski definition) is 3. The van der Waals surface area contributed by atoms with Crippen LogP contribution in [-0.2, 0) is 4.79 Å². The van der Waals surface area contributed by atoms with Gasteiger partial charge in [0.1, 0.15) is 0 Å². The summed E-state index contributed by atoms with van der Waals surface area (Å²) in [5.41, 5.74) is 6.26. The normalized spacial score (nSPS) is 17.9. The standard InChI is InChI=1S/C16H25N3O/c1-16(2,17)15(20)18-12-14(19-10-6-7-11-19)13-8-4-3-5-9-13/h3-5,8-9,14H,6-7,10-12,17H2,1-2H3,(H,18,20). The highest BCUT2D eigenvalue weighted by atomic mass is 16.2. The molecule has 110 valence electrons. The number of benzene rings is 1. The van der Waals surface area contributed by atoms with Crippen LogP contribution in [0.4, 0.5) is 0 Å². The van der Waals surface area contributed by atoms with Crippen LogP contribution in [0, 0.1) is 0 Å². The van der Waals surface area contributed by atoms with E-state index < -0.39 is 5.54 Å². The van der Waals surface area contributed by atoms with E-state index in [9.17, 15) is 4.79 Å². The predicted octanol–water partition coefficient (Wildman–Crippen LogP) is 1.68. The molecule has 4 heteroatoms. The average molecular weight is 275 g/mol. The van der Waals surface area contributed by atoms with Crippen molar-refractivity contribution in [3.63, 3.8) is 0 Å². The molecule has 1 aliphatic heterocycles. The maximum absolute atomic E-state index is 12.0. The smallest absolute Gasteiger partial charge is 0.239 e. The van der Waals surface area contributed by atoms with E-state index in [0.29, 0.717) is 6.54 Å². The van der Waals surface area contributed by atoms with E-state index >= 15 is 0 Å². The summed E-state index contributed by atoms with van der Waals surface area (Å²) in [6.45, 7) is 6.28. The summed E-state index contributed by atoms with van der Waals surface area (Å²) in [6, 6.07) is 10.6. The van der Waals surface area contributed by atoms with Gasteiger partial charge in [0.05, 0.1) is 11.6 Å². The number of hydrogen-bond donors (Lipinski definition) is 2. The van der Waals surface area contributed by atoms with Crippen LogP contribution in [0.25, 0.3) is 0 Å². The van der Waals surface area contributed by atoms with Gasteiger partial charge in [0.2, 0.25) is 5.91 Å². The molecule has 4 nitrogen and oxygen atoms in total. The summed E-state index contributed by atoms with van der Waals surface area (Å²) in [7, 11) is 0. The molecule has 1 heterocycles. The van der Waals surface area contributed by atoms with Crippen molar-refractivity contribution >= 4 is 5.91 Å². The molecule has 1 fully saturated rings. The number of carbonyl (C=O) groups excluding carboxylic acids is 1. The second-order valence-electron chi connectivity index (χ2n) is 6.10. The van der Waals surface area contributed by atoms with Crippen molar-refractivity contribution in [3.05, 3.63) is 35.9 Å². The van der Waals surface area contributed by atoms with E-state index in [1.54, 1.807) is 13.8 Å². The average Bonchev–Trinajstić information content (AvgIpc) is 2.93. The quantitative estimate of drug-likeness (QED) is 0.859. The fraction of sp³-hybridized carbons (Fsp3) is 0.562. The highest BCUT2D eigenvalue weighted by Gasteiger charge is 2.26. The summed E-state index contributed by atoms with van der Waals surface area (Å²) < 4.78 is 0. The highest BCUT2D eigenvalue weighted by Crippen LogP contribution is 2.24. The van der Waals surface area contributed by atoms with Crippen LogP contribution in [0.3, 0.4) is 0 Å². The van der Waals surface area contributed by atoms with Crippen LogP contribution >= 0.6 is 0 Å². The molecular weight excluding hydrogens is 250 g/mol. The lowest BCUT2D eigenvalue weighted by atomic mass is 10.0. The molecule has 3 N–H and O–H groups in total. The van der Waals surface area contributed by atoms with Crippen molar-refractivity contribution in [1.29, 1.82) is 0 Å². The first-order valence-corrected chi connectivity index (χ1v) is 7.34. The first-order valence-electron chi connectivity index (χ1n) is 7.34. The molecule has 0 bridgehead atoms. The molecule has 2 rings (SSSR count). The zero-order valence-electron chi connectivity index (χ0n) is 12.4. The van der Waals surface area contributed by atoms with E-state index in [4.69, 9.17) is 5.73 Å². The number of likely N-dealkylation sites (tertiary alicyclic amines) is 1. The number of nitrogens with one attached hydrogen (secondary N) is 1. The van der Waals surface area contributed by atoms with Gasteiger partial charge in [0.25, 0.3) is 0 Å². The maximum Gasteiger partial charge on any atom is 0.239 e. The Hall–Kier alpha value is -1.39. The Morgan fingerprint density at radius 2 is 1.90 bits per heavy atom. The molecule has 1 amide bonds. The predicted molar refractivity (Wildman–Crippen MR) is 81.3 cm³/mol. The summed E-state index contributed by atoms with van der Waals surface area (Å²) in [5.74, 6) is -0.0994. The van der Waals surface area contributed by atoms with Gasteiger partial charge in [-0.2, -0.15) is 0 Å². The fourth-order valence-electron chi connectivity index (χ4n) is 2.60. The van der Waals surface area contributed by atoms with Crippen LogP contribution in [0.2, 0.25) is 0 Å². The van der Waals surface area contributed by atoms with Crippen molar-refractivity contribution in [2.24, 2.45) is 5.73 Å². The van der Waals surface area contributed by atoms with Gasteiger partial charge in [0.15, 0.2) is 0 Å². The van der Waals surface area contributed by atoms with E-state index in [1.807, 2.05) is 18.2 Å². The highest BCUT2D eigenvalue weighted by molar-refractivity contribution is 5.85. The monoisotopic (exact) mass is 275 g/mol. The minimum atomic E-state index is -0.827. The van der Waals surface area contributed by atoms with Gasteiger partial charge in [-0.25, -0.2) is 0 Å². The van der Waals surface area contributed by atoms with Crippen molar-refractivity contribution in [1.82, 2.24) is 10.2 Å². The Morgan fingerprint density at radius 1 is 1.30 bits per heavy atom. The third kappa shape index (κ3) is 3.81. The first kappa shape index (κ1) is 15.0. The largest absolute Gasteiger partial charge is 0.353 e. The van der Waals surface area contributed by atoms with E-state index in [1.165, 1.54) is 18.4 Å². The summed E-state index contributed by atoms with van der Waals surface area (Å²) >= 11 is 0. The molecule has 0 aromatic heterocycles. The van der Waals surface area contributed by atoms with Crippen LogP contribution < -0.4 is 11.1 Å². The van der Waals surface area contributed by atoms with Crippen LogP contribution in [0.15, 0.2) is 30.3 Å². The van der Waals surface area contributed by atoms with Gasteiger partial charge in [0, 0.05) is 6.54 Å². The lowest BCUT2D eigenvalue weighted by Gasteiger charge is -2.29. The number of amides is 1. The van der Waals surface area contributed by atoms with Gasteiger partial charge in [-0.3, -0.25) is 9.69 Å². The molecule has 0 saturated carbocycles. The fourth-order valence-corrected chi connectivity index (χ4v) is 2.60. The Kier molecular flexibility index (Phi) is 4.78. The third-order valence-electron chi connectivity index (χ3n) is 3.81. The molecule has 1 saturated heterocycles. The maximum atomic E-state index is 12.0. The van der Waals surface area contributed by atoms with Gasteiger partial charge < -0.3 is 11.1 Å². The minimum Gasteiger partial charge on any atom is -0.353 e. The number of rotatable bonds is 5. The summed E-state index contributed by atoms with van der Waals surface area (Å²) in [5, 5.41) is 2.99. The zero-order chi connectivity index (χ0) is 14.6. The summed E-state index contributed by atoms with van der Waals surface area (Å²) in [4.78, 5) is 14.4. The zero-order valence-corrected chi connectivity index (χ0v) is 12.4. The van der Waals surface area contributed by atoms with Crippen molar-refractivity contribution in [2.45, 2.75) is 38.3 Å². The molecule has 1 aromatic rings. The van der Waals surface area contributed by atoms with Gasteiger partial charge in [-0.05, 0) is 45.3 Å². The Balaban J connectivity index is 2.06. The van der Waals surface area contributed by atoms with Gasteiger partial charge in [-0.15, -0.1) is 0 Å². The third-order valence-corrected chi connectivity index (χ3v) is 3.81. The second-order valence-corrected chi connectivity index (χ2v) is 6.10. The van der Waals surface area contributed by atoms with E-state index in [0.717, 1.165) is 13.1 Å². The molecule has 0 radical (unpaired) electrons. The van der Waals surface area contributed by atoms with Crippen LogP contribution in [0.1, 0.15) is 38.3 Å². The van der Waals surface area contributed by atoms with E-state index in [-0.39, 0.29) is 11.9 Å². The summed E-state index contributed by atoms with van der Waals surface area (Å²) in [6.07, 6.45) is 2.47. The molecule has 1 aromatic carbocycles. The molecule has 1 atom stereocenters. The van der Waals surface area contributed by atoms with Crippen LogP contribution in [-0.4, -0.2) is 36.0 Å². The minimum absolute atomic E-state index is 0.0994. The lowest BCUT2D eigenvalue weighted by molar-refractivity contribution is -0.125. The van der Waals surface area contributed by atoms with Crippen molar-refractivity contribution in [2.75, 3.05) is 19.6 Å². The van der Waals surface area contributed by atoms with Crippen molar-refractivity contribution in [3.8, 4) is 0 Å². The Morgan fingerprint density at radius 3 is 2.45 bits per heavy atom. The van der Waals surface area contributed by atoms with Gasteiger partial charge in [-0.1, -0.05) is 30.3 Å². The number of nitrogens with zero attached hydrogens (tertiary/aromatic N) is 1. The molecular formula is C16H25N3O.